The zero-order valence-electron chi connectivity index (χ0n) is 11.6. The van der Waals surface area contributed by atoms with Crippen LogP contribution in [0.4, 0.5) is 5.69 Å². The normalized spacial score (nSPS) is 19.9. The smallest absolute Gasteiger partial charge is 0.251 e. The fourth-order valence-electron chi connectivity index (χ4n) is 2.36. The lowest BCUT2D eigenvalue weighted by molar-refractivity contribution is -0.114. The zero-order valence-corrected chi connectivity index (χ0v) is 12.4. The first-order chi connectivity index (χ1) is 10.1. The van der Waals surface area contributed by atoms with Crippen molar-refractivity contribution < 1.29 is 9.59 Å². The summed E-state index contributed by atoms with van der Waals surface area (Å²) < 4.78 is 0. The molecule has 2 atom stereocenters. The molecule has 1 fully saturated rings. The van der Waals surface area contributed by atoms with Crippen LogP contribution in [0.2, 0.25) is 0 Å². The molecule has 21 heavy (non-hydrogen) atoms. The first-order valence-corrected chi connectivity index (χ1v) is 7.73. The average Bonchev–Trinajstić information content (AvgIpc) is 3.00. The van der Waals surface area contributed by atoms with Crippen LogP contribution in [0.3, 0.4) is 0 Å². The van der Waals surface area contributed by atoms with Gasteiger partial charge in [0.2, 0.25) is 5.91 Å². The lowest BCUT2D eigenvalue weighted by Gasteiger charge is -2.07. The second-order valence-corrected chi connectivity index (χ2v) is 6.18. The highest BCUT2D eigenvalue weighted by Crippen LogP contribution is 2.42. The maximum absolute atomic E-state index is 12.2. The molecule has 5 heteroatoms. The molecular formula is C16H16N2O2S. The van der Waals surface area contributed by atoms with Crippen LogP contribution in [-0.4, -0.2) is 17.9 Å². The van der Waals surface area contributed by atoms with Gasteiger partial charge in [-0.1, -0.05) is 12.1 Å². The van der Waals surface area contributed by atoms with Gasteiger partial charge in [-0.25, -0.2) is 0 Å². The number of carbonyl (C=O) groups is 2. The van der Waals surface area contributed by atoms with Gasteiger partial charge in [-0.15, -0.1) is 11.3 Å². The number of nitrogens with one attached hydrogen (secondary N) is 2. The van der Waals surface area contributed by atoms with E-state index in [1.807, 2.05) is 6.07 Å². The van der Waals surface area contributed by atoms with Crippen molar-refractivity contribution in [1.29, 1.82) is 0 Å². The Morgan fingerprint density at radius 2 is 2.10 bits per heavy atom. The van der Waals surface area contributed by atoms with Gasteiger partial charge in [0.15, 0.2) is 0 Å². The topological polar surface area (TPSA) is 58.2 Å². The molecule has 1 aromatic carbocycles. The molecule has 0 radical (unpaired) electrons. The SMILES string of the molecule is CC(=O)Nc1cccc(C(=O)NC2CC2c2cccs2)c1. The van der Waals surface area contributed by atoms with Crippen LogP contribution in [0.1, 0.15) is 34.5 Å². The fraction of sp³-hybridized carbons (Fsp3) is 0.250. The van der Waals surface area contributed by atoms with Crippen LogP contribution >= 0.6 is 11.3 Å². The highest BCUT2D eigenvalue weighted by Gasteiger charge is 2.40. The number of hydrogen-bond acceptors (Lipinski definition) is 3. The number of amides is 2. The molecule has 0 saturated heterocycles. The molecule has 1 aliphatic carbocycles. The Kier molecular flexibility index (Phi) is 3.75. The molecule has 2 aromatic rings. The Morgan fingerprint density at radius 1 is 1.24 bits per heavy atom. The molecule has 108 valence electrons. The van der Waals surface area contributed by atoms with E-state index in [0.717, 1.165) is 6.42 Å². The molecule has 0 bridgehead atoms. The minimum atomic E-state index is -0.146. The second-order valence-electron chi connectivity index (χ2n) is 5.20. The Hall–Kier alpha value is -2.14. The molecule has 1 heterocycles. The first kappa shape index (κ1) is 13.8. The van der Waals surface area contributed by atoms with E-state index in [9.17, 15) is 9.59 Å². The third-order valence-corrected chi connectivity index (χ3v) is 4.46. The van der Waals surface area contributed by atoms with Crippen LogP contribution in [-0.2, 0) is 4.79 Å². The molecule has 1 aromatic heterocycles. The summed E-state index contributed by atoms with van der Waals surface area (Å²) in [5.41, 5.74) is 1.21. The lowest BCUT2D eigenvalue weighted by atomic mass is 10.2. The van der Waals surface area contributed by atoms with Gasteiger partial charge >= 0.3 is 0 Å². The van der Waals surface area contributed by atoms with Gasteiger partial charge < -0.3 is 10.6 Å². The van der Waals surface area contributed by atoms with Gasteiger partial charge in [-0.3, -0.25) is 9.59 Å². The largest absolute Gasteiger partial charge is 0.349 e. The second kappa shape index (κ2) is 5.69. The zero-order chi connectivity index (χ0) is 14.8. The molecule has 3 rings (SSSR count). The van der Waals surface area contributed by atoms with Gasteiger partial charge in [0.1, 0.15) is 0 Å². The van der Waals surface area contributed by atoms with Crippen LogP contribution in [0.5, 0.6) is 0 Å². The predicted octanol–water partition coefficient (Wildman–Crippen LogP) is 2.99. The van der Waals surface area contributed by atoms with Crippen molar-refractivity contribution in [2.45, 2.75) is 25.3 Å². The molecule has 0 aliphatic heterocycles. The van der Waals surface area contributed by atoms with Crippen molar-refractivity contribution in [2.75, 3.05) is 5.32 Å². The summed E-state index contributed by atoms with van der Waals surface area (Å²) in [7, 11) is 0. The number of hydrogen-bond donors (Lipinski definition) is 2. The third-order valence-electron chi connectivity index (χ3n) is 3.46. The summed E-state index contributed by atoms with van der Waals surface area (Å²) >= 11 is 1.73. The maximum Gasteiger partial charge on any atom is 0.251 e. The molecule has 2 N–H and O–H groups in total. The van der Waals surface area contributed by atoms with Crippen molar-refractivity contribution in [3.8, 4) is 0 Å². The van der Waals surface area contributed by atoms with E-state index in [4.69, 9.17) is 0 Å². The highest BCUT2D eigenvalue weighted by molar-refractivity contribution is 7.10. The first-order valence-electron chi connectivity index (χ1n) is 6.85. The van der Waals surface area contributed by atoms with E-state index in [-0.39, 0.29) is 17.9 Å². The number of thiophene rings is 1. The lowest BCUT2D eigenvalue weighted by Crippen LogP contribution is -2.26. The molecule has 0 spiro atoms. The van der Waals surface area contributed by atoms with Crippen molar-refractivity contribution >= 4 is 28.8 Å². The average molecular weight is 300 g/mol. The fourth-order valence-corrected chi connectivity index (χ4v) is 3.27. The number of carbonyl (C=O) groups excluding carboxylic acids is 2. The van der Waals surface area contributed by atoms with E-state index in [2.05, 4.69) is 22.1 Å². The Morgan fingerprint density at radius 3 is 2.81 bits per heavy atom. The summed E-state index contributed by atoms with van der Waals surface area (Å²) in [6.07, 6.45) is 0.998. The molecule has 2 unspecified atom stereocenters. The molecule has 1 aliphatic rings. The monoisotopic (exact) mass is 300 g/mol. The van der Waals surface area contributed by atoms with Crippen molar-refractivity contribution in [3.05, 3.63) is 52.2 Å². The number of anilines is 1. The van der Waals surface area contributed by atoms with E-state index in [0.29, 0.717) is 17.2 Å². The van der Waals surface area contributed by atoms with E-state index in [1.165, 1.54) is 11.8 Å². The highest BCUT2D eigenvalue weighted by atomic mass is 32.1. The van der Waals surface area contributed by atoms with Crippen molar-refractivity contribution in [3.63, 3.8) is 0 Å². The van der Waals surface area contributed by atoms with Crippen LogP contribution in [0.25, 0.3) is 0 Å². The molecule has 1 saturated carbocycles. The van der Waals surface area contributed by atoms with Gasteiger partial charge in [0.25, 0.3) is 5.91 Å². The third kappa shape index (κ3) is 3.31. The van der Waals surface area contributed by atoms with Crippen LogP contribution in [0, 0.1) is 0 Å². The standard InChI is InChI=1S/C16H16N2O2S/c1-10(19)17-12-5-2-4-11(8-12)16(20)18-14-9-13(14)15-6-3-7-21-15/h2-8,13-14H,9H2,1H3,(H,17,19)(H,18,20). The summed E-state index contributed by atoms with van der Waals surface area (Å²) in [4.78, 5) is 24.6. The number of rotatable bonds is 4. The van der Waals surface area contributed by atoms with E-state index in [1.54, 1.807) is 35.6 Å². The summed E-state index contributed by atoms with van der Waals surface area (Å²) in [5.74, 6) is 0.214. The minimum absolute atomic E-state index is 0.0914. The summed E-state index contributed by atoms with van der Waals surface area (Å²) in [6, 6.07) is 11.4. The Bertz CT molecular complexity index is 667. The Labute approximate surface area is 127 Å². The van der Waals surface area contributed by atoms with Gasteiger partial charge in [-0.05, 0) is 36.1 Å². The van der Waals surface area contributed by atoms with Crippen LogP contribution in [0.15, 0.2) is 41.8 Å². The maximum atomic E-state index is 12.2. The van der Waals surface area contributed by atoms with Crippen molar-refractivity contribution in [1.82, 2.24) is 5.32 Å². The van der Waals surface area contributed by atoms with Crippen LogP contribution < -0.4 is 10.6 Å². The molecule has 2 amide bonds. The minimum Gasteiger partial charge on any atom is -0.349 e. The van der Waals surface area contributed by atoms with Gasteiger partial charge in [-0.2, -0.15) is 0 Å². The number of benzene rings is 1. The Balaban J connectivity index is 1.62. The molecule has 4 nitrogen and oxygen atoms in total. The summed E-state index contributed by atoms with van der Waals surface area (Å²) in [5, 5.41) is 7.79. The summed E-state index contributed by atoms with van der Waals surface area (Å²) in [6.45, 7) is 1.45. The van der Waals surface area contributed by atoms with E-state index >= 15 is 0 Å². The predicted molar refractivity (Wildman–Crippen MR) is 83.7 cm³/mol. The van der Waals surface area contributed by atoms with E-state index < -0.39 is 0 Å². The molecular weight excluding hydrogens is 284 g/mol. The van der Waals surface area contributed by atoms with Crippen molar-refractivity contribution in [2.24, 2.45) is 0 Å². The van der Waals surface area contributed by atoms with Gasteiger partial charge in [0.05, 0.1) is 0 Å². The van der Waals surface area contributed by atoms with Gasteiger partial charge in [0, 0.05) is 35.0 Å². The quantitative estimate of drug-likeness (QED) is 0.912.